The van der Waals surface area contributed by atoms with Gasteiger partial charge in [-0.25, -0.2) is 0 Å². The van der Waals surface area contributed by atoms with E-state index in [1.54, 1.807) is 0 Å². The van der Waals surface area contributed by atoms with E-state index in [0.29, 0.717) is 0 Å². The fraction of sp³-hybridized carbons (Fsp3) is 0.571. The van der Waals surface area contributed by atoms with Gasteiger partial charge in [-0.3, -0.25) is 0 Å². The normalized spacial score (nSPS) is 15.4. The summed E-state index contributed by atoms with van der Waals surface area (Å²) in [4.78, 5) is 2.16. The number of nitrogens with zero attached hydrogens (tertiary/aromatic N) is 1. The van der Waals surface area contributed by atoms with Crippen molar-refractivity contribution in [1.82, 2.24) is 10.2 Å². The minimum absolute atomic E-state index is 1.03. The third kappa shape index (κ3) is 6.59. The highest BCUT2D eigenvalue weighted by atomic mass is 15.0. The molecule has 16 heavy (non-hydrogen) atoms. The standard InChI is InChI=1S/C9H13N.C5H11N/c1-10(2)8-9-6-4-3-5-7-9;1-2-4-6-5-3-1/h3-7H,8H2,1-2H3;6H,1-5H2. The van der Waals surface area contributed by atoms with Crippen molar-refractivity contribution < 1.29 is 0 Å². The summed E-state index contributed by atoms with van der Waals surface area (Å²) >= 11 is 0. The summed E-state index contributed by atoms with van der Waals surface area (Å²) in [6.07, 6.45) is 4.22. The molecule has 0 radical (unpaired) electrons. The van der Waals surface area contributed by atoms with Crippen molar-refractivity contribution >= 4 is 0 Å². The molecular formula is C14H24N2. The SMILES string of the molecule is C1CCNCC1.CN(C)Cc1ccccc1. The van der Waals surface area contributed by atoms with Crippen molar-refractivity contribution in [3.8, 4) is 0 Å². The molecule has 0 aliphatic carbocycles. The Morgan fingerprint density at radius 1 is 1.00 bits per heavy atom. The van der Waals surface area contributed by atoms with Gasteiger partial charge in [0.25, 0.3) is 0 Å². The molecule has 1 N–H and O–H groups in total. The van der Waals surface area contributed by atoms with Gasteiger partial charge in [0.05, 0.1) is 0 Å². The van der Waals surface area contributed by atoms with Crippen molar-refractivity contribution in [3.63, 3.8) is 0 Å². The van der Waals surface area contributed by atoms with Gasteiger partial charge in [-0.2, -0.15) is 0 Å². The van der Waals surface area contributed by atoms with Crippen LogP contribution in [0.25, 0.3) is 0 Å². The van der Waals surface area contributed by atoms with Gasteiger partial charge in [0.2, 0.25) is 0 Å². The summed E-state index contributed by atoms with van der Waals surface area (Å²) in [7, 11) is 4.15. The lowest BCUT2D eigenvalue weighted by Crippen LogP contribution is -2.21. The van der Waals surface area contributed by atoms with Gasteiger partial charge in [-0.05, 0) is 45.6 Å². The molecular weight excluding hydrogens is 196 g/mol. The molecule has 2 rings (SSSR count). The van der Waals surface area contributed by atoms with Gasteiger partial charge in [0, 0.05) is 6.54 Å². The average Bonchev–Trinajstić information content (AvgIpc) is 2.32. The van der Waals surface area contributed by atoms with Crippen LogP contribution < -0.4 is 5.32 Å². The number of hydrogen-bond acceptors (Lipinski definition) is 2. The predicted molar refractivity (Wildman–Crippen MR) is 70.6 cm³/mol. The minimum atomic E-state index is 1.03. The molecule has 1 aliphatic rings. The molecule has 90 valence electrons. The lowest BCUT2D eigenvalue weighted by Gasteiger charge is -2.08. The molecule has 0 saturated carbocycles. The second-order valence-corrected chi connectivity index (χ2v) is 4.53. The Bertz CT molecular complexity index is 241. The first kappa shape index (κ1) is 13.2. The largest absolute Gasteiger partial charge is 0.317 e. The minimum Gasteiger partial charge on any atom is -0.317 e. The number of hydrogen-bond donors (Lipinski definition) is 1. The zero-order chi connectivity index (χ0) is 11.6. The fourth-order valence-corrected chi connectivity index (χ4v) is 1.75. The van der Waals surface area contributed by atoms with Crippen molar-refractivity contribution in [1.29, 1.82) is 0 Å². The summed E-state index contributed by atoms with van der Waals surface area (Å²) in [5, 5.41) is 3.28. The van der Waals surface area contributed by atoms with E-state index >= 15 is 0 Å². The van der Waals surface area contributed by atoms with Gasteiger partial charge in [0.1, 0.15) is 0 Å². The van der Waals surface area contributed by atoms with Gasteiger partial charge in [-0.1, -0.05) is 36.8 Å². The Morgan fingerprint density at radius 2 is 1.62 bits per heavy atom. The molecule has 0 bridgehead atoms. The van der Waals surface area contributed by atoms with Gasteiger partial charge < -0.3 is 10.2 Å². The Balaban J connectivity index is 0.000000181. The van der Waals surface area contributed by atoms with Gasteiger partial charge in [-0.15, -0.1) is 0 Å². The molecule has 0 spiro atoms. The van der Waals surface area contributed by atoms with Crippen LogP contribution in [-0.4, -0.2) is 32.1 Å². The Hall–Kier alpha value is -0.860. The highest BCUT2D eigenvalue weighted by Crippen LogP contribution is 1.99. The molecule has 0 aromatic heterocycles. The van der Waals surface area contributed by atoms with Crippen LogP contribution in [0.15, 0.2) is 30.3 Å². The second-order valence-electron chi connectivity index (χ2n) is 4.53. The summed E-state index contributed by atoms with van der Waals surface area (Å²) in [5.74, 6) is 0. The molecule has 2 heteroatoms. The van der Waals surface area contributed by atoms with E-state index < -0.39 is 0 Å². The Morgan fingerprint density at radius 3 is 2.00 bits per heavy atom. The summed E-state index contributed by atoms with van der Waals surface area (Å²) in [5.41, 5.74) is 1.37. The first-order valence-corrected chi connectivity index (χ1v) is 6.18. The maximum Gasteiger partial charge on any atom is 0.0227 e. The highest BCUT2D eigenvalue weighted by Gasteiger charge is 1.93. The summed E-state index contributed by atoms with van der Waals surface area (Å²) in [6, 6.07) is 10.5. The van der Waals surface area contributed by atoms with E-state index in [1.807, 2.05) is 6.07 Å². The molecule has 1 aromatic carbocycles. The first-order chi connectivity index (χ1) is 7.79. The van der Waals surface area contributed by atoms with Crippen molar-refractivity contribution in [2.24, 2.45) is 0 Å². The quantitative estimate of drug-likeness (QED) is 0.824. The molecule has 0 unspecified atom stereocenters. The van der Waals surface area contributed by atoms with Gasteiger partial charge >= 0.3 is 0 Å². The molecule has 1 aromatic rings. The van der Waals surface area contributed by atoms with Crippen LogP contribution in [0, 0.1) is 0 Å². The number of piperidine rings is 1. The smallest absolute Gasteiger partial charge is 0.0227 e. The zero-order valence-electron chi connectivity index (χ0n) is 10.6. The van der Waals surface area contributed by atoms with Crippen LogP contribution in [0.2, 0.25) is 0 Å². The van der Waals surface area contributed by atoms with E-state index in [0.717, 1.165) is 6.54 Å². The van der Waals surface area contributed by atoms with Crippen molar-refractivity contribution in [2.45, 2.75) is 25.8 Å². The molecule has 2 nitrogen and oxygen atoms in total. The molecule has 1 saturated heterocycles. The van der Waals surface area contributed by atoms with Crippen LogP contribution in [0.4, 0.5) is 0 Å². The third-order valence-corrected chi connectivity index (χ3v) is 2.55. The number of nitrogens with one attached hydrogen (secondary N) is 1. The van der Waals surface area contributed by atoms with Crippen molar-refractivity contribution in [3.05, 3.63) is 35.9 Å². The first-order valence-electron chi connectivity index (χ1n) is 6.18. The summed E-state index contributed by atoms with van der Waals surface area (Å²) < 4.78 is 0. The lowest BCUT2D eigenvalue weighted by atomic mass is 10.2. The van der Waals surface area contributed by atoms with E-state index in [1.165, 1.54) is 37.9 Å². The van der Waals surface area contributed by atoms with Crippen molar-refractivity contribution in [2.75, 3.05) is 27.2 Å². The topological polar surface area (TPSA) is 15.3 Å². The zero-order valence-corrected chi connectivity index (χ0v) is 10.6. The van der Waals surface area contributed by atoms with Crippen LogP contribution in [0.1, 0.15) is 24.8 Å². The lowest BCUT2D eigenvalue weighted by molar-refractivity contribution is 0.402. The fourth-order valence-electron chi connectivity index (χ4n) is 1.75. The van der Waals surface area contributed by atoms with E-state index in [4.69, 9.17) is 0 Å². The highest BCUT2D eigenvalue weighted by molar-refractivity contribution is 5.14. The molecule has 1 heterocycles. The van der Waals surface area contributed by atoms with Crippen LogP contribution in [0.3, 0.4) is 0 Å². The van der Waals surface area contributed by atoms with Crippen LogP contribution in [-0.2, 0) is 6.54 Å². The average molecular weight is 220 g/mol. The predicted octanol–water partition coefficient (Wildman–Crippen LogP) is 2.51. The molecule has 0 atom stereocenters. The third-order valence-electron chi connectivity index (χ3n) is 2.55. The number of rotatable bonds is 2. The van der Waals surface area contributed by atoms with Crippen LogP contribution >= 0.6 is 0 Å². The van der Waals surface area contributed by atoms with E-state index in [2.05, 4.69) is 48.6 Å². The van der Waals surface area contributed by atoms with Crippen LogP contribution in [0.5, 0.6) is 0 Å². The Labute approximate surface area is 99.7 Å². The summed E-state index contributed by atoms with van der Waals surface area (Å²) in [6.45, 7) is 3.53. The Kier molecular flexibility index (Phi) is 6.86. The second kappa shape index (κ2) is 8.31. The maximum atomic E-state index is 3.28. The molecule has 1 aliphatic heterocycles. The van der Waals surface area contributed by atoms with E-state index in [9.17, 15) is 0 Å². The number of benzene rings is 1. The van der Waals surface area contributed by atoms with E-state index in [-0.39, 0.29) is 0 Å². The monoisotopic (exact) mass is 220 g/mol. The molecule has 1 fully saturated rings. The molecule has 0 amide bonds. The van der Waals surface area contributed by atoms with Gasteiger partial charge in [0.15, 0.2) is 0 Å². The maximum absolute atomic E-state index is 3.28.